The van der Waals surface area contributed by atoms with E-state index in [1.807, 2.05) is 6.07 Å². The van der Waals surface area contributed by atoms with Crippen LogP contribution in [0.2, 0.25) is 0 Å². The molecular formula is C34H49N5O4S2. The molecule has 5 heterocycles. The van der Waals surface area contributed by atoms with Crippen LogP contribution in [-0.4, -0.2) is 64.7 Å². The molecule has 45 heavy (non-hydrogen) atoms. The van der Waals surface area contributed by atoms with Crippen molar-refractivity contribution in [2.45, 2.75) is 115 Å². The number of piperidine rings is 1. The first-order chi connectivity index (χ1) is 21.8. The smallest absolute Gasteiger partial charge is 0.223 e. The Labute approximate surface area is 275 Å². The molecule has 246 valence electrons. The SMILES string of the molecule is COc1ccc(C=O)s1.COc1ccc([C@H](CCN2C3CCC2CC(n2c(C)nnc2C(C)C)C3)NC(=O)C2CCCCC2)s1. The molecule has 2 aliphatic heterocycles. The minimum atomic E-state index is 0.0538. The van der Waals surface area contributed by atoms with Crippen molar-refractivity contribution < 1.29 is 19.1 Å². The molecule has 3 fully saturated rings. The van der Waals surface area contributed by atoms with Crippen LogP contribution in [0.3, 0.4) is 0 Å². The quantitative estimate of drug-likeness (QED) is 0.216. The number of ether oxygens (including phenoxy) is 2. The van der Waals surface area contributed by atoms with E-state index in [0.717, 1.165) is 53.9 Å². The summed E-state index contributed by atoms with van der Waals surface area (Å²) >= 11 is 3.01. The highest BCUT2D eigenvalue weighted by molar-refractivity contribution is 7.15. The maximum atomic E-state index is 13.2. The Morgan fingerprint density at radius 1 is 0.956 bits per heavy atom. The van der Waals surface area contributed by atoms with Gasteiger partial charge in [0, 0.05) is 41.4 Å². The van der Waals surface area contributed by atoms with Gasteiger partial charge in [-0.2, -0.15) is 0 Å². The lowest BCUT2D eigenvalue weighted by Gasteiger charge is -2.40. The number of amides is 1. The molecule has 3 aromatic heterocycles. The largest absolute Gasteiger partial charge is 0.487 e. The zero-order chi connectivity index (χ0) is 31.9. The summed E-state index contributed by atoms with van der Waals surface area (Å²) in [5, 5.41) is 14.1. The Hall–Kier alpha value is -2.76. The van der Waals surface area contributed by atoms with Crippen LogP contribution in [0.5, 0.6) is 10.1 Å². The molecule has 0 aromatic carbocycles. The number of nitrogens with one attached hydrogen (secondary N) is 1. The molecule has 3 aliphatic rings. The minimum absolute atomic E-state index is 0.0538. The van der Waals surface area contributed by atoms with Crippen LogP contribution >= 0.6 is 22.7 Å². The summed E-state index contributed by atoms with van der Waals surface area (Å²) in [5.41, 5.74) is 0. The normalized spacial score (nSPS) is 22.5. The van der Waals surface area contributed by atoms with E-state index < -0.39 is 0 Å². The molecular weight excluding hydrogens is 607 g/mol. The second kappa shape index (κ2) is 15.7. The molecule has 2 unspecified atom stereocenters. The minimum Gasteiger partial charge on any atom is -0.487 e. The molecule has 3 aromatic rings. The molecule has 1 amide bonds. The van der Waals surface area contributed by atoms with Crippen molar-refractivity contribution in [1.82, 2.24) is 25.0 Å². The molecule has 6 rings (SSSR count). The van der Waals surface area contributed by atoms with E-state index in [0.29, 0.717) is 28.9 Å². The van der Waals surface area contributed by atoms with Crippen molar-refractivity contribution in [2.24, 2.45) is 5.92 Å². The van der Waals surface area contributed by atoms with E-state index in [9.17, 15) is 9.59 Å². The molecule has 1 N–H and O–H groups in total. The Kier molecular flexibility index (Phi) is 11.7. The summed E-state index contributed by atoms with van der Waals surface area (Å²) in [6.45, 7) is 7.55. The van der Waals surface area contributed by atoms with Gasteiger partial charge >= 0.3 is 0 Å². The van der Waals surface area contributed by atoms with Gasteiger partial charge in [0.1, 0.15) is 11.6 Å². The topological polar surface area (TPSA) is 98.6 Å². The number of carbonyl (C=O) groups is 2. The number of aryl methyl sites for hydroxylation is 1. The average molecular weight is 656 g/mol. The molecule has 2 bridgehead atoms. The fraction of sp³-hybridized carbons (Fsp3) is 0.647. The maximum Gasteiger partial charge on any atom is 0.223 e. The summed E-state index contributed by atoms with van der Waals surface area (Å²) in [6, 6.07) is 9.42. The van der Waals surface area contributed by atoms with Crippen molar-refractivity contribution in [3.8, 4) is 10.1 Å². The standard InChI is InChI=1S/C28H43N5O2S.C6H6O2S/c1-18(2)27-31-30-19(3)33(27)23-16-21-10-11-22(17-23)32(21)15-14-24(25-12-13-26(35-4)36-25)29-28(34)20-8-6-5-7-9-20;1-8-6-3-2-5(4-7)9-6/h12-13,18,20-24H,5-11,14-17H2,1-4H3,(H,29,34);2-4H,1H3/t21?,22?,23?,24-;/m0./s1. The third kappa shape index (κ3) is 8.16. The van der Waals surface area contributed by atoms with E-state index in [4.69, 9.17) is 9.47 Å². The number of aromatic nitrogens is 3. The lowest BCUT2D eigenvalue weighted by molar-refractivity contribution is -0.126. The number of fused-ring (bicyclic) bond motifs is 2. The van der Waals surface area contributed by atoms with E-state index in [2.05, 4.69) is 51.8 Å². The first-order valence-electron chi connectivity index (χ1n) is 16.5. The van der Waals surface area contributed by atoms with Crippen molar-refractivity contribution in [2.75, 3.05) is 20.8 Å². The Balaban J connectivity index is 0.000000383. The lowest BCUT2D eigenvalue weighted by Crippen LogP contribution is -2.45. The second-order valence-corrected chi connectivity index (χ2v) is 15.1. The number of nitrogens with zero attached hydrogens (tertiary/aromatic N) is 4. The number of hydrogen-bond acceptors (Lipinski definition) is 9. The first kappa shape index (κ1) is 33.6. The van der Waals surface area contributed by atoms with Crippen LogP contribution in [0, 0.1) is 12.8 Å². The van der Waals surface area contributed by atoms with Gasteiger partial charge in [0.15, 0.2) is 16.4 Å². The van der Waals surface area contributed by atoms with Gasteiger partial charge in [-0.15, -0.1) is 21.5 Å². The summed E-state index contributed by atoms with van der Waals surface area (Å²) < 4.78 is 12.8. The van der Waals surface area contributed by atoms with Gasteiger partial charge in [-0.1, -0.05) is 44.4 Å². The van der Waals surface area contributed by atoms with Crippen LogP contribution < -0.4 is 14.8 Å². The summed E-state index contributed by atoms with van der Waals surface area (Å²) in [7, 11) is 3.30. The van der Waals surface area contributed by atoms with E-state index in [1.54, 1.807) is 37.7 Å². The number of methoxy groups -OCH3 is 2. The first-order valence-corrected chi connectivity index (χ1v) is 18.1. The van der Waals surface area contributed by atoms with Crippen LogP contribution in [-0.2, 0) is 4.79 Å². The fourth-order valence-corrected chi connectivity index (χ4v) is 8.95. The van der Waals surface area contributed by atoms with Gasteiger partial charge in [-0.3, -0.25) is 14.5 Å². The Morgan fingerprint density at radius 3 is 2.20 bits per heavy atom. The number of carbonyl (C=O) groups excluding carboxylic acids is 2. The zero-order valence-corrected chi connectivity index (χ0v) is 29.0. The zero-order valence-electron chi connectivity index (χ0n) is 27.4. The van der Waals surface area contributed by atoms with Crippen molar-refractivity contribution in [1.29, 1.82) is 0 Å². The fourth-order valence-electron chi connectivity index (χ4n) is 7.41. The van der Waals surface area contributed by atoms with Crippen molar-refractivity contribution >= 4 is 34.9 Å². The summed E-state index contributed by atoms with van der Waals surface area (Å²) in [5.74, 6) is 2.99. The molecule has 1 saturated carbocycles. The molecule has 2 saturated heterocycles. The van der Waals surface area contributed by atoms with E-state index >= 15 is 0 Å². The summed E-state index contributed by atoms with van der Waals surface area (Å²) in [6.07, 6.45) is 12.3. The average Bonchev–Trinajstić information content (AvgIpc) is 3.85. The number of hydrogen-bond donors (Lipinski definition) is 1. The molecule has 1 aliphatic carbocycles. The van der Waals surface area contributed by atoms with Gasteiger partial charge in [0.2, 0.25) is 5.91 Å². The summed E-state index contributed by atoms with van der Waals surface area (Å²) in [4.78, 5) is 27.9. The highest BCUT2D eigenvalue weighted by Crippen LogP contribution is 2.43. The van der Waals surface area contributed by atoms with Gasteiger partial charge in [0.25, 0.3) is 0 Å². The second-order valence-electron chi connectivity index (χ2n) is 12.9. The van der Waals surface area contributed by atoms with Crippen LogP contribution in [0.4, 0.5) is 0 Å². The van der Waals surface area contributed by atoms with Crippen LogP contribution in [0.1, 0.15) is 122 Å². The van der Waals surface area contributed by atoms with Crippen LogP contribution in [0.15, 0.2) is 24.3 Å². The molecule has 0 spiro atoms. The number of thiophene rings is 2. The van der Waals surface area contributed by atoms with Gasteiger partial charge < -0.3 is 19.4 Å². The van der Waals surface area contributed by atoms with Gasteiger partial charge in [0.05, 0.1) is 25.1 Å². The molecule has 11 heteroatoms. The monoisotopic (exact) mass is 655 g/mol. The van der Waals surface area contributed by atoms with Gasteiger partial charge in [-0.25, -0.2) is 0 Å². The molecule has 9 nitrogen and oxygen atoms in total. The highest BCUT2D eigenvalue weighted by atomic mass is 32.1. The number of aldehydes is 1. The number of rotatable bonds is 11. The Morgan fingerprint density at radius 2 is 1.62 bits per heavy atom. The van der Waals surface area contributed by atoms with Crippen LogP contribution in [0.25, 0.3) is 0 Å². The van der Waals surface area contributed by atoms with Crippen molar-refractivity contribution in [3.05, 3.63) is 45.7 Å². The molecule has 3 atom stereocenters. The van der Waals surface area contributed by atoms with Gasteiger partial charge in [-0.05, 0) is 76.1 Å². The third-order valence-electron chi connectivity index (χ3n) is 9.67. The predicted molar refractivity (Wildman–Crippen MR) is 180 cm³/mol. The Bertz CT molecular complexity index is 1380. The lowest BCUT2D eigenvalue weighted by atomic mass is 9.88. The predicted octanol–water partition coefficient (Wildman–Crippen LogP) is 7.35. The molecule has 0 radical (unpaired) electrons. The van der Waals surface area contributed by atoms with Crippen molar-refractivity contribution in [3.63, 3.8) is 0 Å². The van der Waals surface area contributed by atoms with E-state index in [1.165, 1.54) is 61.2 Å². The third-order valence-corrected chi connectivity index (χ3v) is 11.8. The highest BCUT2D eigenvalue weighted by Gasteiger charge is 2.42. The maximum absolute atomic E-state index is 13.2. The van der Waals surface area contributed by atoms with E-state index in [-0.39, 0.29) is 17.9 Å².